The molecule has 1 aromatic heterocycles. The molecular formula is C17H18N2O3S. The van der Waals surface area contributed by atoms with Crippen molar-refractivity contribution in [3.8, 4) is 11.5 Å². The van der Waals surface area contributed by atoms with Gasteiger partial charge in [-0.3, -0.25) is 0 Å². The van der Waals surface area contributed by atoms with Crippen LogP contribution in [-0.2, 0) is 0 Å². The first kappa shape index (κ1) is 14.4. The van der Waals surface area contributed by atoms with Crippen LogP contribution in [0.4, 0.5) is 10.5 Å². The van der Waals surface area contributed by atoms with Crippen molar-refractivity contribution in [1.82, 2.24) is 4.90 Å². The summed E-state index contributed by atoms with van der Waals surface area (Å²) in [5.41, 5.74) is 0.732. The molecule has 6 heteroatoms. The highest BCUT2D eigenvalue weighted by molar-refractivity contribution is 7.10. The molecule has 1 saturated heterocycles. The van der Waals surface area contributed by atoms with Crippen LogP contribution in [0.1, 0.15) is 23.8 Å². The minimum atomic E-state index is -0.0578. The third-order valence-electron chi connectivity index (χ3n) is 4.18. The molecule has 0 aliphatic carbocycles. The van der Waals surface area contributed by atoms with Crippen LogP contribution >= 0.6 is 11.3 Å². The lowest BCUT2D eigenvalue weighted by atomic mass is 10.2. The Morgan fingerprint density at radius 3 is 2.91 bits per heavy atom. The molecular weight excluding hydrogens is 312 g/mol. The quantitative estimate of drug-likeness (QED) is 0.909. The SMILES string of the molecule is O=C(Nc1ccc2c(c1)OCCO2)N1CCCC1c1cccs1. The van der Waals surface area contributed by atoms with Gasteiger partial charge in [0.15, 0.2) is 11.5 Å². The van der Waals surface area contributed by atoms with E-state index >= 15 is 0 Å². The van der Waals surface area contributed by atoms with Gasteiger partial charge in [0.25, 0.3) is 0 Å². The highest BCUT2D eigenvalue weighted by atomic mass is 32.1. The molecule has 2 aliphatic rings. The molecule has 3 heterocycles. The Hall–Kier alpha value is -2.21. The number of nitrogens with one attached hydrogen (secondary N) is 1. The van der Waals surface area contributed by atoms with E-state index < -0.39 is 0 Å². The van der Waals surface area contributed by atoms with E-state index in [1.807, 2.05) is 29.2 Å². The highest BCUT2D eigenvalue weighted by Gasteiger charge is 2.30. The topological polar surface area (TPSA) is 50.8 Å². The van der Waals surface area contributed by atoms with Gasteiger partial charge >= 0.3 is 6.03 Å². The van der Waals surface area contributed by atoms with Crippen LogP contribution < -0.4 is 14.8 Å². The maximum absolute atomic E-state index is 12.6. The monoisotopic (exact) mass is 330 g/mol. The van der Waals surface area contributed by atoms with Crippen molar-refractivity contribution in [2.24, 2.45) is 0 Å². The summed E-state index contributed by atoms with van der Waals surface area (Å²) in [5.74, 6) is 1.41. The van der Waals surface area contributed by atoms with E-state index in [-0.39, 0.29) is 12.1 Å². The van der Waals surface area contributed by atoms with Gasteiger partial charge in [-0.1, -0.05) is 6.07 Å². The molecule has 1 fully saturated rings. The van der Waals surface area contributed by atoms with Crippen LogP contribution in [0.15, 0.2) is 35.7 Å². The van der Waals surface area contributed by atoms with Crippen molar-refractivity contribution in [3.63, 3.8) is 0 Å². The summed E-state index contributed by atoms with van der Waals surface area (Å²) in [6, 6.07) is 9.78. The zero-order valence-electron chi connectivity index (χ0n) is 12.7. The predicted molar refractivity (Wildman–Crippen MR) is 89.5 cm³/mol. The first-order chi connectivity index (χ1) is 11.3. The maximum Gasteiger partial charge on any atom is 0.322 e. The van der Waals surface area contributed by atoms with Crippen LogP contribution in [0.3, 0.4) is 0 Å². The van der Waals surface area contributed by atoms with Gasteiger partial charge in [0.1, 0.15) is 13.2 Å². The number of carbonyl (C=O) groups excluding carboxylic acids is 1. The van der Waals surface area contributed by atoms with E-state index in [1.54, 1.807) is 11.3 Å². The first-order valence-electron chi connectivity index (χ1n) is 7.82. The summed E-state index contributed by atoms with van der Waals surface area (Å²) in [4.78, 5) is 15.8. The molecule has 1 aromatic carbocycles. The van der Waals surface area contributed by atoms with Gasteiger partial charge in [-0.15, -0.1) is 11.3 Å². The minimum Gasteiger partial charge on any atom is -0.486 e. The van der Waals surface area contributed by atoms with Gasteiger partial charge in [0.2, 0.25) is 0 Å². The number of likely N-dealkylation sites (tertiary alicyclic amines) is 1. The fourth-order valence-corrected chi connectivity index (χ4v) is 3.98. The van der Waals surface area contributed by atoms with Gasteiger partial charge < -0.3 is 19.7 Å². The summed E-state index contributed by atoms with van der Waals surface area (Å²) in [6.07, 6.45) is 2.06. The number of ether oxygens (including phenoxy) is 2. The number of carbonyl (C=O) groups is 1. The molecule has 5 nitrogen and oxygen atoms in total. The van der Waals surface area contributed by atoms with Crippen LogP contribution in [0.25, 0.3) is 0 Å². The number of benzene rings is 1. The van der Waals surface area contributed by atoms with Crippen molar-refractivity contribution in [3.05, 3.63) is 40.6 Å². The molecule has 2 aliphatic heterocycles. The van der Waals surface area contributed by atoms with Crippen LogP contribution in [0.2, 0.25) is 0 Å². The third kappa shape index (κ3) is 2.86. The summed E-state index contributed by atoms with van der Waals surface area (Å²) >= 11 is 1.71. The van der Waals surface area contributed by atoms with Crippen molar-refractivity contribution in [2.75, 3.05) is 25.1 Å². The molecule has 23 heavy (non-hydrogen) atoms. The van der Waals surface area contributed by atoms with E-state index in [2.05, 4.69) is 16.8 Å². The van der Waals surface area contributed by atoms with E-state index in [1.165, 1.54) is 4.88 Å². The Kier molecular flexibility index (Phi) is 3.83. The van der Waals surface area contributed by atoms with Crippen LogP contribution in [-0.4, -0.2) is 30.7 Å². The Balaban J connectivity index is 1.49. The largest absolute Gasteiger partial charge is 0.486 e. The van der Waals surface area contributed by atoms with Gasteiger partial charge in [0, 0.05) is 23.2 Å². The zero-order valence-corrected chi connectivity index (χ0v) is 13.5. The van der Waals surface area contributed by atoms with E-state index in [0.717, 1.165) is 30.8 Å². The second-order valence-corrected chi connectivity index (χ2v) is 6.63. The molecule has 0 radical (unpaired) electrons. The van der Waals surface area contributed by atoms with Gasteiger partial charge in [-0.25, -0.2) is 4.79 Å². The summed E-state index contributed by atoms with van der Waals surface area (Å²) < 4.78 is 11.1. The standard InChI is InChI=1S/C17H18N2O3S/c20-17(19-7-1-3-13(19)16-4-2-10-23-16)18-12-5-6-14-15(11-12)22-9-8-21-14/h2,4-6,10-11,13H,1,3,7-9H2,(H,18,20). The van der Waals surface area contributed by atoms with E-state index in [4.69, 9.17) is 9.47 Å². The Bertz CT molecular complexity index is 702. The van der Waals surface area contributed by atoms with E-state index in [9.17, 15) is 4.79 Å². The average Bonchev–Trinajstić information content (AvgIpc) is 3.25. The number of hydrogen-bond donors (Lipinski definition) is 1. The molecule has 1 N–H and O–H groups in total. The fraction of sp³-hybridized carbons (Fsp3) is 0.353. The number of nitrogens with zero attached hydrogens (tertiary/aromatic N) is 1. The van der Waals surface area contributed by atoms with Crippen molar-refractivity contribution < 1.29 is 14.3 Å². The van der Waals surface area contributed by atoms with Gasteiger partial charge in [-0.2, -0.15) is 0 Å². The number of rotatable bonds is 2. The molecule has 2 amide bonds. The van der Waals surface area contributed by atoms with E-state index in [0.29, 0.717) is 19.0 Å². The molecule has 120 valence electrons. The second kappa shape index (κ2) is 6.12. The van der Waals surface area contributed by atoms with Crippen LogP contribution in [0, 0.1) is 0 Å². The average molecular weight is 330 g/mol. The lowest BCUT2D eigenvalue weighted by Gasteiger charge is -2.25. The molecule has 2 aromatic rings. The first-order valence-corrected chi connectivity index (χ1v) is 8.70. The lowest BCUT2D eigenvalue weighted by Crippen LogP contribution is -2.34. The number of fused-ring (bicyclic) bond motifs is 1. The Morgan fingerprint density at radius 2 is 2.09 bits per heavy atom. The minimum absolute atomic E-state index is 0.0578. The third-order valence-corrected chi connectivity index (χ3v) is 5.15. The Labute approximate surface area is 138 Å². The Morgan fingerprint density at radius 1 is 1.22 bits per heavy atom. The molecule has 1 atom stereocenters. The number of amides is 2. The lowest BCUT2D eigenvalue weighted by molar-refractivity contribution is 0.171. The molecule has 0 bridgehead atoms. The predicted octanol–water partition coefficient (Wildman–Crippen LogP) is 3.89. The molecule has 4 rings (SSSR count). The normalized spacial score (nSPS) is 19.7. The maximum atomic E-state index is 12.6. The van der Waals surface area contributed by atoms with Crippen molar-refractivity contribution in [1.29, 1.82) is 0 Å². The van der Waals surface area contributed by atoms with Crippen molar-refractivity contribution in [2.45, 2.75) is 18.9 Å². The molecule has 0 spiro atoms. The zero-order chi connectivity index (χ0) is 15.6. The number of hydrogen-bond acceptors (Lipinski definition) is 4. The summed E-state index contributed by atoms with van der Waals surface area (Å²) in [5, 5.41) is 5.04. The second-order valence-electron chi connectivity index (χ2n) is 5.66. The van der Waals surface area contributed by atoms with Gasteiger partial charge in [-0.05, 0) is 36.4 Å². The highest BCUT2D eigenvalue weighted by Crippen LogP contribution is 2.36. The number of anilines is 1. The summed E-state index contributed by atoms with van der Waals surface area (Å²) in [6.45, 7) is 1.89. The van der Waals surface area contributed by atoms with Crippen molar-refractivity contribution >= 4 is 23.1 Å². The van der Waals surface area contributed by atoms with Crippen LogP contribution in [0.5, 0.6) is 11.5 Å². The smallest absolute Gasteiger partial charge is 0.322 e. The van der Waals surface area contributed by atoms with Gasteiger partial charge in [0.05, 0.1) is 6.04 Å². The number of thiophene rings is 1. The molecule has 1 unspecified atom stereocenters. The summed E-state index contributed by atoms with van der Waals surface area (Å²) in [7, 11) is 0. The number of urea groups is 1. The fourth-order valence-electron chi connectivity index (χ4n) is 3.10. The molecule has 0 saturated carbocycles.